The zero-order chi connectivity index (χ0) is 15.1. The van der Waals surface area contributed by atoms with Gasteiger partial charge in [-0.1, -0.05) is 35.9 Å². The number of hydrogen-bond acceptors (Lipinski definition) is 2. The molecule has 0 aliphatic heterocycles. The Morgan fingerprint density at radius 3 is 2.33 bits per heavy atom. The van der Waals surface area contributed by atoms with Crippen LogP contribution in [-0.4, -0.2) is 17.1 Å². The van der Waals surface area contributed by atoms with E-state index in [0.29, 0.717) is 5.75 Å². The highest BCUT2D eigenvalue weighted by molar-refractivity contribution is 7.85. The van der Waals surface area contributed by atoms with Crippen LogP contribution in [-0.2, 0) is 17.2 Å². The van der Waals surface area contributed by atoms with Gasteiger partial charge in [0, 0.05) is 15.7 Å². The third-order valence-electron chi connectivity index (χ3n) is 3.00. The first-order valence-electron chi connectivity index (χ1n) is 6.61. The van der Waals surface area contributed by atoms with Gasteiger partial charge in [-0.05, 0) is 48.4 Å². The molecule has 0 bridgehead atoms. The summed E-state index contributed by atoms with van der Waals surface area (Å²) in [4.78, 5) is 0.812. The van der Waals surface area contributed by atoms with Crippen LogP contribution in [0.1, 0.15) is 5.56 Å². The SMILES string of the molecule is COc1ccc(S(=O)CC=CCc2ccc(Cl)cc2)cc1. The van der Waals surface area contributed by atoms with Crippen LogP contribution >= 0.6 is 11.6 Å². The van der Waals surface area contributed by atoms with E-state index in [1.54, 1.807) is 7.11 Å². The van der Waals surface area contributed by atoms with Crippen molar-refractivity contribution < 1.29 is 8.95 Å². The van der Waals surface area contributed by atoms with Crippen LogP contribution in [0.2, 0.25) is 5.02 Å². The van der Waals surface area contributed by atoms with E-state index < -0.39 is 10.8 Å². The minimum absolute atomic E-state index is 0.514. The highest BCUT2D eigenvalue weighted by atomic mass is 35.5. The first-order chi connectivity index (χ1) is 10.2. The second-order valence-corrected chi connectivity index (χ2v) is 6.42. The van der Waals surface area contributed by atoms with Crippen molar-refractivity contribution in [2.45, 2.75) is 11.3 Å². The van der Waals surface area contributed by atoms with Crippen molar-refractivity contribution in [2.75, 3.05) is 12.9 Å². The standard InChI is InChI=1S/C17H17ClO2S/c1-20-16-9-11-17(12-10-16)21(19)13-3-2-4-14-5-7-15(18)8-6-14/h2-3,5-12H,4,13H2,1H3. The minimum Gasteiger partial charge on any atom is -0.497 e. The molecule has 0 aliphatic carbocycles. The second kappa shape index (κ2) is 8.01. The number of halogens is 1. The lowest BCUT2D eigenvalue weighted by Crippen LogP contribution is -1.95. The molecule has 0 N–H and O–H groups in total. The molecule has 0 spiro atoms. The molecule has 110 valence electrons. The van der Waals surface area contributed by atoms with Crippen molar-refractivity contribution >= 4 is 22.4 Å². The number of methoxy groups -OCH3 is 1. The third-order valence-corrected chi connectivity index (χ3v) is 4.55. The van der Waals surface area contributed by atoms with Gasteiger partial charge in [0.25, 0.3) is 0 Å². The molecule has 2 aromatic rings. The molecule has 0 heterocycles. The van der Waals surface area contributed by atoms with Crippen LogP contribution in [0.5, 0.6) is 5.75 Å². The summed E-state index contributed by atoms with van der Waals surface area (Å²) < 4.78 is 17.2. The number of rotatable bonds is 6. The zero-order valence-corrected chi connectivity index (χ0v) is 13.4. The average Bonchev–Trinajstić information content (AvgIpc) is 2.53. The largest absolute Gasteiger partial charge is 0.497 e. The molecule has 0 amide bonds. The molecule has 0 saturated heterocycles. The Morgan fingerprint density at radius 1 is 1.05 bits per heavy atom. The fraction of sp³-hybridized carbons (Fsp3) is 0.176. The predicted molar refractivity (Wildman–Crippen MR) is 88.6 cm³/mol. The summed E-state index contributed by atoms with van der Waals surface area (Å²) in [6.45, 7) is 0. The van der Waals surface area contributed by atoms with Crippen LogP contribution in [0.3, 0.4) is 0 Å². The number of ether oxygens (including phenoxy) is 1. The molecule has 0 saturated carbocycles. The normalized spacial score (nSPS) is 12.5. The molecule has 0 aromatic heterocycles. The second-order valence-electron chi connectivity index (χ2n) is 4.49. The Hall–Kier alpha value is -1.58. The van der Waals surface area contributed by atoms with E-state index in [-0.39, 0.29) is 0 Å². The molecular formula is C17H17ClO2S. The highest BCUT2D eigenvalue weighted by Gasteiger charge is 2.01. The molecule has 0 radical (unpaired) electrons. The molecule has 2 rings (SSSR count). The Bertz CT molecular complexity index is 618. The van der Waals surface area contributed by atoms with E-state index in [4.69, 9.17) is 16.3 Å². The van der Waals surface area contributed by atoms with E-state index in [1.165, 1.54) is 5.56 Å². The van der Waals surface area contributed by atoms with Gasteiger partial charge in [-0.3, -0.25) is 4.21 Å². The van der Waals surface area contributed by atoms with Crippen LogP contribution in [0.25, 0.3) is 0 Å². The third kappa shape index (κ3) is 5.03. The quantitative estimate of drug-likeness (QED) is 0.744. The molecule has 0 fully saturated rings. The maximum atomic E-state index is 12.1. The number of benzene rings is 2. The Kier molecular flexibility index (Phi) is 6.03. The molecule has 1 unspecified atom stereocenters. The molecule has 1 atom stereocenters. The Balaban J connectivity index is 1.85. The number of allylic oxidation sites excluding steroid dienone is 1. The van der Waals surface area contributed by atoms with E-state index in [1.807, 2.05) is 60.7 Å². The van der Waals surface area contributed by atoms with Gasteiger partial charge < -0.3 is 4.74 Å². The van der Waals surface area contributed by atoms with Gasteiger partial charge in [0.05, 0.1) is 17.9 Å². The maximum Gasteiger partial charge on any atom is 0.118 e. The van der Waals surface area contributed by atoms with Crippen molar-refractivity contribution in [3.8, 4) is 5.75 Å². The lowest BCUT2D eigenvalue weighted by Gasteiger charge is -2.02. The van der Waals surface area contributed by atoms with E-state index >= 15 is 0 Å². The molecule has 21 heavy (non-hydrogen) atoms. The van der Waals surface area contributed by atoms with E-state index in [9.17, 15) is 4.21 Å². The molecular weight excluding hydrogens is 304 g/mol. The van der Waals surface area contributed by atoms with Crippen LogP contribution in [0.15, 0.2) is 65.6 Å². The first kappa shape index (κ1) is 15.8. The summed E-state index contributed by atoms with van der Waals surface area (Å²) in [6, 6.07) is 15.1. The smallest absolute Gasteiger partial charge is 0.118 e. The Morgan fingerprint density at radius 2 is 1.71 bits per heavy atom. The van der Waals surface area contributed by atoms with Gasteiger partial charge in [0.1, 0.15) is 5.75 Å². The molecule has 2 aromatic carbocycles. The fourth-order valence-corrected chi connectivity index (χ4v) is 2.89. The summed E-state index contributed by atoms with van der Waals surface area (Å²) in [7, 11) is 0.598. The van der Waals surface area contributed by atoms with Crippen molar-refractivity contribution in [3.05, 3.63) is 71.3 Å². The monoisotopic (exact) mass is 320 g/mol. The van der Waals surface area contributed by atoms with Crippen molar-refractivity contribution in [3.63, 3.8) is 0 Å². The van der Waals surface area contributed by atoms with Gasteiger partial charge in [-0.25, -0.2) is 0 Å². The van der Waals surface area contributed by atoms with Crippen molar-refractivity contribution in [1.82, 2.24) is 0 Å². The lowest BCUT2D eigenvalue weighted by molar-refractivity contribution is 0.414. The van der Waals surface area contributed by atoms with Gasteiger partial charge >= 0.3 is 0 Å². The van der Waals surface area contributed by atoms with Gasteiger partial charge in [-0.2, -0.15) is 0 Å². The van der Waals surface area contributed by atoms with Gasteiger partial charge in [0.2, 0.25) is 0 Å². The summed E-state index contributed by atoms with van der Waals surface area (Å²) in [6.07, 6.45) is 4.80. The van der Waals surface area contributed by atoms with E-state index in [2.05, 4.69) is 0 Å². The van der Waals surface area contributed by atoms with E-state index in [0.717, 1.165) is 22.1 Å². The highest BCUT2D eigenvalue weighted by Crippen LogP contribution is 2.14. The fourth-order valence-electron chi connectivity index (χ4n) is 1.82. The zero-order valence-electron chi connectivity index (χ0n) is 11.8. The summed E-state index contributed by atoms with van der Waals surface area (Å²) in [5.41, 5.74) is 1.19. The molecule has 2 nitrogen and oxygen atoms in total. The van der Waals surface area contributed by atoms with Crippen LogP contribution in [0, 0.1) is 0 Å². The summed E-state index contributed by atoms with van der Waals surface area (Å²) in [5.74, 6) is 1.29. The van der Waals surface area contributed by atoms with Crippen LogP contribution < -0.4 is 4.74 Å². The minimum atomic E-state index is -1.02. The molecule has 4 heteroatoms. The van der Waals surface area contributed by atoms with Crippen LogP contribution in [0.4, 0.5) is 0 Å². The Labute approximate surface area is 132 Å². The van der Waals surface area contributed by atoms with Gasteiger partial charge in [0.15, 0.2) is 0 Å². The molecule has 0 aliphatic rings. The van der Waals surface area contributed by atoms with Crippen molar-refractivity contribution in [1.29, 1.82) is 0 Å². The van der Waals surface area contributed by atoms with Crippen molar-refractivity contribution in [2.24, 2.45) is 0 Å². The first-order valence-corrected chi connectivity index (χ1v) is 8.30. The van der Waals surface area contributed by atoms with Gasteiger partial charge in [-0.15, -0.1) is 0 Å². The lowest BCUT2D eigenvalue weighted by atomic mass is 10.1. The predicted octanol–water partition coefficient (Wildman–Crippen LogP) is 4.26. The summed E-state index contributed by atoms with van der Waals surface area (Å²) >= 11 is 5.84. The topological polar surface area (TPSA) is 26.3 Å². The number of hydrogen-bond donors (Lipinski definition) is 0. The maximum absolute atomic E-state index is 12.1. The summed E-state index contributed by atoms with van der Waals surface area (Å²) in [5, 5.41) is 0.739. The average molecular weight is 321 g/mol.